The van der Waals surface area contributed by atoms with Gasteiger partial charge in [0.1, 0.15) is 5.82 Å². The van der Waals surface area contributed by atoms with Gasteiger partial charge in [0.05, 0.1) is 32.1 Å². The first-order valence-corrected chi connectivity index (χ1v) is 9.14. The Kier molecular flexibility index (Phi) is 5.40. The first-order valence-electron chi connectivity index (χ1n) is 9.14. The highest BCUT2D eigenvalue weighted by Crippen LogP contribution is 2.20. The highest BCUT2D eigenvalue weighted by molar-refractivity contribution is 5.02. The fraction of sp³-hybridized carbons (Fsp3) is 0.579. The van der Waals surface area contributed by atoms with Gasteiger partial charge < -0.3 is 14.0 Å². The molecule has 134 valence electrons. The number of ether oxygens (including phenoxy) is 2. The second kappa shape index (κ2) is 8.08. The molecule has 4 rings (SSSR count). The van der Waals surface area contributed by atoms with Crippen molar-refractivity contribution >= 4 is 0 Å². The van der Waals surface area contributed by atoms with Crippen molar-refractivity contribution in [3.05, 3.63) is 48.3 Å². The van der Waals surface area contributed by atoms with Crippen LogP contribution >= 0.6 is 0 Å². The van der Waals surface area contributed by atoms with Crippen LogP contribution in [0.5, 0.6) is 0 Å². The third-order valence-electron chi connectivity index (χ3n) is 5.01. The van der Waals surface area contributed by atoms with Crippen LogP contribution in [0.4, 0.5) is 0 Å². The van der Waals surface area contributed by atoms with Crippen molar-refractivity contribution in [2.24, 2.45) is 11.8 Å². The number of pyridine rings is 1. The lowest BCUT2D eigenvalue weighted by atomic mass is 10.1. The molecule has 2 atom stereocenters. The van der Waals surface area contributed by atoms with Crippen LogP contribution in [0.3, 0.4) is 0 Å². The normalized spacial score (nSPS) is 24.2. The zero-order chi connectivity index (χ0) is 16.9. The molecule has 0 bridgehead atoms. The minimum Gasteiger partial charge on any atom is -0.381 e. The van der Waals surface area contributed by atoms with Gasteiger partial charge >= 0.3 is 0 Å². The average Bonchev–Trinajstić information content (AvgIpc) is 3.25. The Morgan fingerprint density at radius 2 is 2.16 bits per heavy atom. The van der Waals surface area contributed by atoms with Gasteiger partial charge in [0, 0.05) is 50.7 Å². The van der Waals surface area contributed by atoms with Crippen LogP contribution in [0.25, 0.3) is 0 Å². The number of nitrogens with zero attached hydrogens (tertiary/aromatic N) is 4. The molecule has 6 nitrogen and oxygen atoms in total. The molecule has 2 aromatic heterocycles. The van der Waals surface area contributed by atoms with E-state index in [0.29, 0.717) is 18.4 Å². The summed E-state index contributed by atoms with van der Waals surface area (Å²) in [5.41, 5.74) is 0.986. The van der Waals surface area contributed by atoms with E-state index in [2.05, 4.69) is 25.6 Å². The van der Waals surface area contributed by atoms with E-state index in [1.165, 1.54) is 6.42 Å². The summed E-state index contributed by atoms with van der Waals surface area (Å²) in [6.45, 7) is 7.13. The summed E-state index contributed by atoms with van der Waals surface area (Å²) in [7, 11) is 0. The van der Waals surface area contributed by atoms with E-state index in [0.717, 1.165) is 57.5 Å². The van der Waals surface area contributed by atoms with Gasteiger partial charge in [-0.3, -0.25) is 9.88 Å². The molecule has 2 aliphatic heterocycles. The van der Waals surface area contributed by atoms with Crippen LogP contribution in [0.1, 0.15) is 17.9 Å². The van der Waals surface area contributed by atoms with Crippen molar-refractivity contribution in [1.29, 1.82) is 0 Å². The maximum absolute atomic E-state index is 5.98. The molecule has 0 amide bonds. The quantitative estimate of drug-likeness (QED) is 0.803. The Balaban J connectivity index is 1.36. The van der Waals surface area contributed by atoms with Gasteiger partial charge in [-0.15, -0.1) is 0 Å². The fourth-order valence-corrected chi connectivity index (χ4v) is 3.77. The molecule has 0 aromatic carbocycles. The second-order valence-electron chi connectivity index (χ2n) is 7.12. The molecule has 25 heavy (non-hydrogen) atoms. The molecule has 4 heterocycles. The minimum absolute atomic E-state index is 0.460. The number of aromatic nitrogens is 3. The molecular weight excluding hydrogens is 316 g/mol. The zero-order valence-corrected chi connectivity index (χ0v) is 14.6. The van der Waals surface area contributed by atoms with E-state index in [9.17, 15) is 0 Å². The monoisotopic (exact) mass is 342 g/mol. The molecule has 1 saturated heterocycles. The van der Waals surface area contributed by atoms with Gasteiger partial charge in [-0.1, -0.05) is 6.07 Å². The Morgan fingerprint density at radius 1 is 1.16 bits per heavy atom. The molecular formula is C19H26N4O2. The molecule has 2 aliphatic rings. The molecule has 0 N–H and O–H groups in total. The predicted molar refractivity (Wildman–Crippen MR) is 93.8 cm³/mol. The number of imidazole rings is 1. The second-order valence-corrected chi connectivity index (χ2v) is 7.12. The highest BCUT2D eigenvalue weighted by Gasteiger charge is 2.26. The summed E-state index contributed by atoms with van der Waals surface area (Å²) in [6.07, 6.45) is 6.98. The SMILES string of the molecule is c1ccc(COC[C@H]2CN(C[C@@H]3CCOC3)Cc3nccn3C2)nc1. The summed E-state index contributed by atoms with van der Waals surface area (Å²) in [4.78, 5) is 11.4. The van der Waals surface area contributed by atoms with Crippen molar-refractivity contribution in [2.45, 2.75) is 26.1 Å². The summed E-state index contributed by atoms with van der Waals surface area (Å²) in [6, 6.07) is 5.94. The van der Waals surface area contributed by atoms with Crippen LogP contribution in [0.2, 0.25) is 0 Å². The molecule has 0 radical (unpaired) electrons. The molecule has 2 aromatic rings. The number of hydrogen-bond acceptors (Lipinski definition) is 5. The summed E-state index contributed by atoms with van der Waals surface area (Å²) >= 11 is 0. The van der Waals surface area contributed by atoms with Crippen molar-refractivity contribution in [2.75, 3.05) is 32.9 Å². The van der Waals surface area contributed by atoms with E-state index < -0.39 is 0 Å². The molecule has 0 spiro atoms. The molecule has 0 unspecified atom stereocenters. The Hall–Kier alpha value is -1.76. The van der Waals surface area contributed by atoms with Gasteiger partial charge in [0.25, 0.3) is 0 Å². The van der Waals surface area contributed by atoms with Crippen LogP contribution < -0.4 is 0 Å². The summed E-state index contributed by atoms with van der Waals surface area (Å²) in [5.74, 6) is 2.27. The lowest BCUT2D eigenvalue weighted by molar-refractivity contribution is 0.0627. The third kappa shape index (κ3) is 4.45. The van der Waals surface area contributed by atoms with Gasteiger partial charge in [-0.2, -0.15) is 0 Å². The zero-order valence-electron chi connectivity index (χ0n) is 14.6. The van der Waals surface area contributed by atoms with Crippen LogP contribution in [-0.2, 0) is 29.2 Å². The minimum atomic E-state index is 0.460. The van der Waals surface area contributed by atoms with Crippen molar-refractivity contribution in [3.63, 3.8) is 0 Å². The third-order valence-corrected chi connectivity index (χ3v) is 5.01. The van der Waals surface area contributed by atoms with Crippen LogP contribution in [-0.4, -0.2) is 52.3 Å². The summed E-state index contributed by atoms with van der Waals surface area (Å²) in [5, 5.41) is 0. The highest BCUT2D eigenvalue weighted by atomic mass is 16.5. The lowest BCUT2D eigenvalue weighted by Gasteiger charge is -2.25. The largest absolute Gasteiger partial charge is 0.381 e. The van der Waals surface area contributed by atoms with Crippen LogP contribution in [0.15, 0.2) is 36.8 Å². The molecule has 6 heteroatoms. The predicted octanol–water partition coefficient (Wildman–Crippen LogP) is 1.96. The average molecular weight is 342 g/mol. The fourth-order valence-electron chi connectivity index (χ4n) is 3.77. The lowest BCUT2D eigenvalue weighted by Crippen LogP contribution is -2.34. The van der Waals surface area contributed by atoms with Gasteiger partial charge in [-0.05, 0) is 24.5 Å². The number of rotatable bonds is 6. The smallest absolute Gasteiger partial charge is 0.122 e. The van der Waals surface area contributed by atoms with E-state index in [1.54, 1.807) is 0 Å². The van der Waals surface area contributed by atoms with E-state index in [-0.39, 0.29) is 0 Å². The van der Waals surface area contributed by atoms with Crippen LogP contribution in [0, 0.1) is 11.8 Å². The van der Waals surface area contributed by atoms with Gasteiger partial charge in [0.2, 0.25) is 0 Å². The molecule has 1 fully saturated rings. The van der Waals surface area contributed by atoms with Gasteiger partial charge in [0.15, 0.2) is 0 Å². The number of hydrogen-bond donors (Lipinski definition) is 0. The van der Waals surface area contributed by atoms with Crippen molar-refractivity contribution in [1.82, 2.24) is 19.4 Å². The molecule has 0 saturated carbocycles. The standard InChI is InChI=1S/C19H26N4O2/c1-2-5-20-18(3-1)15-25-14-17-10-22(9-16-4-8-24-13-16)12-19-21-6-7-23(19)11-17/h1-3,5-7,16-17H,4,8-15H2/t16-,17-/m0/s1. The Labute approximate surface area is 148 Å². The van der Waals surface area contributed by atoms with E-state index in [4.69, 9.17) is 9.47 Å². The maximum Gasteiger partial charge on any atom is 0.122 e. The van der Waals surface area contributed by atoms with E-state index in [1.807, 2.05) is 30.6 Å². The van der Waals surface area contributed by atoms with Crippen molar-refractivity contribution in [3.8, 4) is 0 Å². The topological polar surface area (TPSA) is 52.4 Å². The van der Waals surface area contributed by atoms with E-state index >= 15 is 0 Å². The van der Waals surface area contributed by atoms with Crippen molar-refractivity contribution < 1.29 is 9.47 Å². The Morgan fingerprint density at radius 3 is 3.00 bits per heavy atom. The first kappa shape index (κ1) is 16.7. The molecule has 0 aliphatic carbocycles. The van der Waals surface area contributed by atoms with Gasteiger partial charge in [-0.25, -0.2) is 4.98 Å². The Bertz CT molecular complexity index is 654. The number of fused-ring (bicyclic) bond motifs is 1. The maximum atomic E-state index is 5.98. The first-order chi connectivity index (χ1) is 12.4. The summed E-state index contributed by atoms with van der Waals surface area (Å²) < 4.78 is 13.8.